The van der Waals surface area contributed by atoms with E-state index in [-0.39, 0.29) is 43.0 Å². The highest BCUT2D eigenvalue weighted by molar-refractivity contribution is 14.0. The molecule has 0 aliphatic rings. The molecule has 1 amide bonds. The van der Waals surface area contributed by atoms with Gasteiger partial charge in [0.25, 0.3) is 0 Å². The molecule has 2 aromatic rings. The number of hydrogen-bond acceptors (Lipinski definition) is 2. The second-order valence-corrected chi connectivity index (χ2v) is 5.75. The lowest BCUT2D eigenvalue weighted by molar-refractivity contribution is -0.137. The first kappa shape index (κ1) is 25.5. The average molecular weight is 546 g/mol. The van der Waals surface area contributed by atoms with Crippen molar-refractivity contribution >= 4 is 41.5 Å². The Morgan fingerprint density at radius 1 is 0.967 bits per heavy atom. The highest BCUT2D eigenvalue weighted by Gasteiger charge is 2.29. The third-order valence-corrected chi connectivity index (χ3v) is 3.69. The van der Waals surface area contributed by atoms with Crippen LogP contribution in [0, 0.1) is 17.5 Å². The number of carbonyl (C=O) groups excluding carboxylic acids is 1. The quantitative estimate of drug-likeness (QED) is 0.175. The van der Waals surface area contributed by atoms with Crippen LogP contribution in [0.5, 0.6) is 0 Å². The Bertz CT molecular complexity index is 903. The van der Waals surface area contributed by atoms with Crippen molar-refractivity contribution in [2.75, 3.05) is 18.9 Å². The summed E-state index contributed by atoms with van der Waals surface area (Å²) in [6.07, 6.45) is -4.43. The summed E-state index contributed by atoms with van der Waals surface area (Å²) >= 11 is 0. The van der Waals surface area contributed by atoms with Crippen molar-refractivity contribution < 1.29 is 31.1 Å². The molecule has 0 unspecified atom stereocenters. The van der Waals surface area contributed by atoms with Crippen molar-refractivity contribution in [3.05, 3.63) is 65.0 Å². The molecule has 12 heteroatoms. The Hall–Kier alpha value is -2.51. The summed E-state index contributed by atoms with van der Waals surface area (Å²) in [5, 5.41) is 7.46. The lowest BCUT2D eigenvalue weighted by atomic mass is 10.1. The highest BCUT2D eigenvalue weighted by Crippen LogP contribution is 2.29. The number of amides is 1. The zero-order valence-corrected chi connectivity index (χ0v) is 17.7. The Kier molecular flexibility index (Phi) is 9.39. The first-order chi connectivity index (χ1) is 13.6. The molecule has 2 aromatic carbocycles. The Labute approximate surface area is 185 Å². The van der Waals surface area contributed by atoms with E-state index in [9.17, 15) is 31.1 Å². The SMILES string of the molecule is CN=C(NCC(=O)Nc1ccc(F)c(F)c1F)NCc1ccc(C(F)(F)F)cc1.I. The van der Waals surface area contributed by atoms with Gasteiger partial charge >= 0.3 is 6.18 Å². The number of alkyl halides is 3. The maximum absolute atomic E-state index is 13.5. The number of nitrogens with one attached hydrogen (secondary N) is 3. The van der Waals surface area contributed by atoms with Gasteiger partial charge in [0.1, 0.15) is 0 Å². The molecule has 30 heavy (non-hydrogen) atoms. The number of benzene rings is 2. The van der Waals surface area contributed by atoms with Crippen LogP contribution >= 0.6 is 24.0 Å². The van der Waals surface area contributed by atoms with E-state index < -0.39 is 40.8 Å². The molecule has 0 aromatic heterocycles. The fourth-order valence-corrected chi connectivity index (χ4v) is 2.20. The van der Waals surface area contributed by atoms with E-state index in [0.29, 0.717) is 11.6 Å². The summed E-state index contributed by atoms with van der Waals surface area (Å²) in [5.74, 6) is -5.22. The lowest BCUT2D eigenvalue weighted by Gasteiger charge is -2.13. The standard InChI is InChI=1S/C18H16F6N4O.HI/c1-25-17(26-8-10-2-4-11(5-3-10)18(22,23)24)27-9-14(29)28-13-7-6-12(19)15(20)16(13)21;/h2-7H,8-9H2,1H3,(H,28,29)(H2,25,26,27);1H. The molecule has 0 aliphatic heterocycles. The van der Waals surface area contributed by atoms with Gasteiger partial charge in [0.05, 0.1) is 17.8 Å². The van der Waals surface area contributed by atoms with Crippen LogP contribution in [0.4, 0.5) is 32.0 Å². The molecule has 5 nitrogen and oxygen atoms in total. The fraction of sp³-hybridized carbons (Fsp3) is 0.222. The molecule has 0 aliphatic carbocycles. The van der Waals surface area contributed by atoms with E-state index in [1.54, 1.807) is 0 Å². The summed E-state index contributed by atoms with van der Waals surface area (Å²) in [4.78, 5) is 15.7. The molecular weight excluding hydrogens is 529 g/mol. The van der Waals surface area contributed by atoms with Gasteiger partial charge in [-0.25, -0.2) is 13.2 Å². The van der Waals surface area contributed by atoms with Gasteiger partial charge in [-0.05, 0) is 29.8 Å². The summed E-state index contributed by atoms with van der Waals surface area (Å²) in [6, 6.07) is 6.02. The minimum atomic E-state index is -4.43. The van der Waals surface area contributed by atoms with Gasteiger partial charge in [0, 0.05) is 13.6 Å². The Balaban J connectivity index is 0.00000450. The smallest absolute Gasteiger partial charge is 0.352 e. The van der Waals surface area contributed by atoms with Crippen molar-refractivity contribution in [3.8, 4) is 0 Å². The molecule has 0 saturated carbocycles. The molecule has 0 bridgehead atoms. The first-order valence-corrected chi connectivity index (χ1v) is 8.16. The van der Waals surface area contributed by atoms with E-state index >= 15 is 0 Å². The van der Waals surface area contributed by atoms with Crippen LogP contribution in [0.3, 0.4) is 0 Å². The minimum absolute atomic E-state index is 0. The Morgan fingerprint density at radius 2 is 1.60 bits per heavy atom. The van der Waals surface area contributed by atoms with Gasteiger partial charge in [-0.2, -0.15) is 13.2 Å². The van der Waals surface area contributed by atoms with Crippen molar-refractivity contribution in [1.82, 2.24) is 10.6 Å². The van der Waals surface area contributed by atoms with Crippen LogP contribution in [0.25, 0.3) is 0 Å². The van der Waals surface area contributed by atoms with Gasteiger partial charge in [0.2, 0.25) is 5.91 Å². The van der Waals surface area contributed by atoms with E-state index in [0.717, 1.165) is 18.2 Å². The number of halogens is 7. The third kappa shape index (κ3) is 7.07. The van der Waals surface area contributed by atoms with E-state index in [1.165, 1.54) is 19.2 Å². The number of anilines is 1. The summed E-state index contributed by atoms with van der Waals surface area (Å²) in [7, 11) is 1.40. The van der Waals surface area contributed by atoms with Crippen LogP contribution in [0.1, 0.15) is 11.1 Å². The van der Waals surface area contributed by atoms with Crippen LogP contribution in [-0.2, 0) is 17.5 Å². The molecule has 0 heterocycles. The average Bonchev–Trinajstić information content (AvgIpc) is 2.68. The monoisotopic (exact) mass is 546 g/mol. The summed E-state index contributed by atoms with van der Waals surface area (Å²) < 4.78 is 77.2. The van der Waals surface area contributed by atoms with Crippen LogP contribution in [-0.4, -0.2) is 25.5 Å². The maximum atomic E-state index is 13.5. The largest absolute Gasteiger partial charge is 0.416 e. The van der Waals surface area contributed by atoms with Crippen molar-refractivity contribution in [2.24, 2.45) is 4.99 Å². The van der Waals surface area contributed by atoms with Crippen molar-refractivity contribution in [1.29, 1.82) is 0 Å². The number of nitrogens with zero attached hydrogens (tertiary/aromatic N) is 1. The summed E-state index contributed by atoms with van der Waals surface area (Å²) in [6.45, 7) is -0.262. The number of hydrogen-bond donors (Lipinski definition) is 3. The van der Waals surface area contributed by atoms with E-state index in [2.05, 4.69) is 20.9 Å². The third-order valence-electron chi connectivity index (χ3n) is 3.69. The number of aliphatic imine (C=N–C) groups is 1. The number of guanidine groups is 1. The normalized spacial score (nSPS) is 11.5. The van der Waals surface area contributed by atoms with Crippen molar-refractivity contribution in [2.45, 2.75) is 12.7 Å². The molecule has 0 radical (unpaired) electrons. The predicted octanol–water partition coefficient (Wildman–Crippen LogP) is 4.04. The summed E-state index contributed by atoms with van der Waals surface area (Å²) in [5.41, 5.74) is -0.762. The van der Waals surface area contributed by atoms with Crippen molar-refractivity contribution in [3.63, 3.8) is 0 Å². The molecule has 0 spiro atoms. The van der Waals surface area contributed by atoms with E-state index in [4.69, 9.17) is 0 Å². The first-order valence-electron chi connectivity index (χ1n) is 8.16. The fourth-order valence-electron chi connectivity index (χ4n) is 2.20. The van der Waals surface area contributed by atoms with E-state index in [1.807, 2.05) is 0 Å². The second-order valence-electron chi connectivity index (χ2n) is 5.75. The Morgan fingerprint density at radius 3 is 2.17 bits per heavy atom. The second kappa shape index (κ2) is 11.0. The molecule has 0 atom stereocenters. The zero-order valence-electron chi connectivity index (χ0n) is 15.4. The maximum Gasteiger partial charge on any atom is 0.416 e. The van der Waals surface area contributed by atoms with Gasteiger partial charge in [-0.15, -0.1) is 24.0 Å². The van der Waals surface area contributed by atoms with Gasteiger partial charge in [-0.1, -0.05) is 12.1 Å². The molecule has 3 N–H and O–H groups in total. The van der Waals surface area contributed by atoms with Crippen LogP contribution in [0.15, 0.2) is 41.4 Å². The topological polar surface area (TPSA) is 65.5 Å². The predicted molar refractivity (Wildman–Crippen MR) is 110 cm³/mol. The number of rotatable bonds is 5. The molecule has 0 fully saturated rings. The molecule has 0 saturated heterocycles. The highest BCUT2D eigenvalue weighted by atomic mass is 127. The van der Waals surface area contributed by atoms with Crippen LogP contribution < -0.4 is 16.0 Å². The van der Waals surface area contributed by atoms with Gasteiger partial charge in [-0.3, -0.25) is 9.79 Å². The lowest BCUT2D eigenvalue weighted by Crippen LogP contribution is -2.41. The molecule has 164 valence electrons. The van der Waals surface area contributed by atoms with Crippen LogP contribution in [0.2, 0.25) is 0 Å². The molecule has 2 rings (SSSR count). The van der Waals surface area contributed by atoms with Gasteiger partial charge in [0.15, 0.2) is 23.4 Å². The molecular formula is C18H17F6IN4O. The number of carbonyl (C=O) groups is 1. The minimum Gasteiger partial charge on any atom is -0.352 e. The zero-order chi connectivity index (χ0) is 21.6. The van der Waals surface area contributed by atoms with Gasteiger partial charge < -0.3 is 16.0 Å².